The Kier molecular flexibility index (Phi) is 3.98. The first-order chi connectivity index (χ1) is 7.82. The number of carbonyl (C=O) groups excluding carboxylic acids is 1. The fourth-order valence-corrected chi connectivity index (χ4v) is 1.41. The minimum absolute atomic E-state index is 0.0197. The highest BCUT2D eigenvalue weighted by Gasteiger charge is 2.38. The van der Waals surface area contributed by atoms with Crippen molar-refractivity contribution in [3.8, 4) is 5.75 Å². The molecule has 2 N–H and O–H groups in total. The lowest BCUT2D eigenvalue weighted by Gasteiger charge is -2.10. The van der Waals surface area contributed by atoms with E-state index in [-0.39, 0.29) is 18.7 Å². The average Bonchev–Trinajstić information content (AvgIpc) is 2.20. The first kappa shape index (κ1) is 13.3. The number of rotatable bonds is 3. The van der Waals surface area contributed by atoms with Crippen LogP contribution in [0.25, 0.3) is 0 Å². The van der Waals surface area contributed by atoms with Gasteiger partial charge in [-0.25, -0.2) is 0 Å². The smallest absolute Gasteiger partial charge is 0.471 e. The zero-order valence-electron chi connectivity index (χ0n) is 9.14. The second kappa shape index (κ2) is 5.07. The molecule has 3 nitrogen and oxygen atoms in total. The van der Waals surface area contributed by atoms with Crippen LogP contribution in [0.15, 0.2) is 18.2 Å². The first-order valence-corrected chi connectivity index (χ1v) is 4.95. The van der Waals surface area contributed by atoms with Crippen LogP contribution >= 0.6 is 0 Å². The zero-order chi connectivity index (χ0) is 13.1. The molecule has 0 saturated carbocycles. The van der Waals surface area contributed by atoms with Crippen LogP contribution in [0.2, 0.25) is 0 Å². The van der Waals surface area contributed by atoms with Crippen molar-refractivity contribution in [3.05, 3.63) is 29.3 Å². The fraction of sp³-hybridized carbons (Fsp3) is 0.364. The third-order valence-corrected chi connectivity index (χ3v) is 2.30. The van der Waals surface area contributed by atoms with E-state index in [2.05, 4.69) is 0 Å². The van der Waals surface area contributed by atoms with Gasteiger partial charge in [0.1, 0.15) is 5.75 Å². The summed E-state index contributed by atoms with van der Waals surface area (Å²) in [6, 6.07) is 4.83. The number of amides is 1. The zero-order valence-corrected chi connectivity index (χ0v) is 9.14. The van der Waals surface area contributed by atoms with Crippen LogP contribution in [0, 0.1) is 6.92 Å². The summed E-state index contributed by atoms with van der Waals surface area (Å²) < 4.78 is 35.6. The number of phenolic OH excluding ortho intramolecular Hbond substituents is 1. The van der Waals surface area contributed by atoms with Gasteiger partial charge in [0.25, 0.3) is 0 Å². The third-order valence-electron chi connectivity index (χ3n) is 2.30. The van der Waals surface area contributed by atoms with E-state index in [0.717, 1.165) is 5.56 Å². The van der Waals surface area contributed by atoms with E-state index in [1.807, 2.05) is 0 Å². The van der Waals surface area contributed by atoms with Crippen LogP contribution in [-0.2, 0) is 11.2 Å². The number of halogens is 3. The maximum atomic E-state index is 11.9. The molecule has 0 saturated heterocycles. The average molecular weight is 247 g/mol. The van der Waals surface area contributed by atoms with Gasteiger partial charge in [-0.3, -0.25) is 4.79 Å². The minimum atomic E-state index is -4.87. The molecule has 0 aliphatic rings. The molecule has 1 aromatic carbocycles. The molecule has 0 spiro atoms. The number of benzene rings is 1. The molecular weight excluding hydrogens is 235 g/mol. The molecule has 94 valence electrons. The van der Waals surface area contributed by atoms with Crippen molar-refractivity contribution in [2.75, 3.05) is 6.54 Å². The van der Waals surface area contributed by atoms with E-state index in [0.29, 0.717) is 5.56 Å². The van der Waals surface area contributed by atoms with Gasteiger partial charge in [-0.1, -0.05) is 12.1 Å². The van der Waals surface area contributed by atoms with Crippen molar-refractivity contribution in [2.24, 2.45) is 0 Å². The Hall–Kier alpha value is -1.72. The molecule has 0 heterocycles. The van der Waals surface area contributed by atoms with Crippen LogP contribution in [-0.4, -0.2) is 23.7 Å². The number of phenols is 1. The van der Waals surface area contributed by atoms with Crippen LogP contribution in [0.5, 0.6) is 5.75 Å². The second-order valence-electron chi connectivity index (χ2n) is 3.58. The standard InChI is InChI=1S/C11H12F3NO2/c1-7-3-2-4-9(16)8(7)5-6-15-10(17)11(12,13)14/h2-4,16H,5-6H2,1H3,(H,15,17). The quantitative estimate of drug-likeness (QED) is 0.857. The number of carbonyl (C=O) groups is 1. The molecular formula is C11H12F3NO2. The number of hydrogen-bond acceptors (Lipinski definition) is 2. The third kappa shape index (κ3) is 3.65. The molecule has 1 aromatic rings. The number of aryl methyl sites for hydroxylation is 1. The predicted octanol–water partition coefficient (Wildman–Crippen LogP) is 1.92. The summed E-state index contributed by atoms with van der Waals surface area (Å²) in [7, 11) is 0. The lowest BCUT2D eigenvalue weighted by atomic mass is 10.0. The van der Waals surface area contributed by atoms with Crippen molar-refractivity contribution in [1.29, 1.82) is 0 Å². The Labute approximate surface area is 96.3 Å². The van der Waals surface area contributed by atoms with E-state index in [1.165, 1.54) is 6.07 Å². The summed E-state index contributed by atoms with van der Waals surface area (Å²) in [6.07, 6.45) is -4.71. The van der Waals surface area contributed by atoms with E-state index in [4.69, 9.17) is 0 Å². The van der Waals surface area contributed by atoms with Crippen molar-refractivity contribution in [3.63, 3.8) is 0 Å². The van der Waals surface area contributed by atoms with E-state index in [1.54, 1.807) is 24.4 Å². The Morgan fingerprint density at radius 1 is 1.41 bits per heavy atom. The van der Waals surface area contributed by atoms with Gasteiger partial charge in [-0.2, -0.15) is 13.2 Å². The molecule has 0 radical (unpaired) electrons. The molecule has 1 rings (SSSR count). The van der Waals surface area contributed by atoms with Crippen molar-refractivity contribution < 1.29 is 23.1 Å². The van der Waals surface area contributed by atoms with Gasteiger partial charge in [-0.15, -0.1) is 0 Å². The Balaban J connectivity index is 2.55. The molecule has 0 atom stereocenters. The van der Waals surface area contributed by atoms with Gasteiger partial charge in [0.05, 0.1) is 0 Å². The predicted molar refractivity (Wildman–Crippen MR) is 55.6 cm³/mol. The monoisotopic (exact) mass is 247 g/mol. The van der Waals surface area contributed by atoms with Gasteiger partial charge in [0, 0.05) is 6.54 Å². The SMILES string of the molecule is Cc1cccc(O)c1CCNC(=O)C(F)(F)F. The minimum Gasteiger partial charge on any atom is -0.508 e. The Bertz CT molecular complexity index is 395. The van der Waals surface area contributed by atoms with Crippen LogP contribution in [0.1, 0.15) is 11.1 Å². The van der Waals surface area contributed by atoms with Gasteiger partial charge >= 0.3 is 12.1 Å². The molecule has 0 aromatic heterocycles. The van der Waals surface area contributed by atoms with Gasteiger partial charge in [0.15, 0.2) is 0 Å². The van der Waals surface area contributed by atoms with Crippen LogP contribution < -0.4 is 5.32 Å². The summed E-state index contributed by atoms with van der Waals surface area (Å²) in [5.74, 6) is -1.95. The Morgan fingerprint density at radius 3 is 2.59 bits per heavy atom. The molecule has 1 amide bonds. The van der Waals surface area contributed by atoms with Gasteiger partial charge in [-0.05, 0) is 30.5 Å². The molecule has 0 fully saturated rings. The number of nitrogens with one attached hydrogen (secondary N) is 1. The number of aromatic hydroxyl groups is 1. The van der Waals surface area contributed by atoms with Gasteiger partial charge in [0.2, 0.25) is 0 Å². The summed E-state index contributed by atoms with van der Waals surface area (Å²) >= 11 is 0. The van der Waals surface area contributed by atoms with Crippen molar-refractivity contribution in [2.45, 2.75) is 19.5 Å². The maximum Gasteiger partial charge on any atom is 0.471 e. The van der Waals surface area contributed by atoms with E-state index >= 15 is 0 Å². The summed E-state index contributed by atoms with van der Waals surface area (Å²) in [5.41, 5.74) is 1.31. The van der Waals surface area contributed by atoms with Gasteiger partial charge < -0.3 is 10.4 Å². The topological polar surface area (TPSA) is 49.3 Å². The highest BCUT2D eigenvalue weighted by atomic mass is 19.4. The normalized spacial score (nSPS) is 11.3. The summed E-state index contributed by atoms with van der Waals surface area (Å²) in [4.78, 5) is 10.5. The molecule has 17 heavy (non-hydrogen) atoms. The van der Waals surface area contributed by atoms with Crippen LogP contribution in [0.3, 0.4) is 0 Å². The van der Waals surface area contributed by atoms with Crippen molar-refractivity contribution in [1.82, 2.24) is 5.32 Å². The number of alkyl halides is 3. The summed E-state index contributed by atoms with van der Waals surface area (Å²) in [5, 5.41) is 11.2. The molecule has 0 bridgehead atoms. The maximum absolute atomic E-state index is 11.9. The lowest BCUT2D eigenvalue weighted by Crippen LogP contribution is -2.37. The molecule has 0 aliphatic heterocycles. The van der Waals surface area contributed by atoms with E-state index < -0.39 is 12.1 Å². The van der Waals surface area contributed by atoms with Crippen molar-refractivity contribution >= 4 is 5.91 Å². The first-order valence-electron chi connectivity index (χ1n) is 4.95. The molecule has 0 aliphatic carbocycles. The Morgan fingerprint density at radius 2 is 2.06 bits per heavy atom. The number of hydrogen-bond donors (Lipinski definition) is 2. The highest BCUT2D eigenvalue weighted by Crippen LogP contribution is 2.20. The molecule has 6 heteroatoms. The summed E-state index contributed by atoms with van der Waals surface area (Å²) in [6.45, 7) is 1.57. The fourth-order valence-electron chi connectivity index (χ4n) is 1.41. The largest absolute Gasteiger partial charge is 0.508 e. The molecule has 0 unspecified atom stereocenters. The van der Waals surface area contributed by atoms with E-state index in [9.17, 15) is 23.1 Å². The lowest BCUT2D eigenvalue weighted by molar-refractivity contribution is -0.173. The second-order valence-corrected chi connectivity index (χ2v) is 3.58. The highest BCUT2D eigenvalue weighted by molar-refractivity contribution is 5.81. The van der Waals surface area contributed by atoms with Crippen LogP contribution in [0.4, 0.5) is 13.2 Å².